The molecule has 2 atom stereocenters. The van der Waals surface area contributed by atoms with E-state index in [0.717, 1.165) is 24.4 Å². The predicted molar refractivity (Wildman–Crippen MR) is 103 cm³/mol. The molecule has 0 radical (unpaired) electrons. The van der Waals surface area contributed by atoms with Gasteiger partial charge in [-0.25, -0.2) is 9.79 Å². The van der Waals surface area contributed by atoms with Crippen LogP contribution in [0.5, 0.6) is 0 Å². The van der Waals surface area contributed by atoms with Gasteiger partial charge in [0.2, 0.25) is 0 Å². The normalized spacial score (nSPS) is 25.9. The third-order valence-electron chi connectivity index (χ3n) is 5.90. The first-order chi connectivity index (χ1) is 13.0. The second-order valence-electron chi connectivity index (χ2n) is 7.75. The summed E-state index contributed by atoms with van der Waals surface area (Å²) in [6.07, 6.45) is 5.47. The summed E-state index contributed by atoms with van der Waals surface area (Å²) in [5, 5.41) is 6.04. The van der Waals surface area contributed by atoms with Crippen LogP contribution in [-0.2, 0) is 11.3 Å². The fourth-order valence-corrected chi connectivity index (χ4v) is 4.22. The fraction of sp³-hybridized carbons (Fsp3) is 0.550. The van der Waals surface area contributed by atoms with Gasteiger partial charge in [0.15, 0.2) is 18.2 Å². The zero-order chi connectivity index (χ0) is 19.0. The molecule has 1 saturated heterocycles. The highest BCUT2D eigenvalue weighted by molar-refractivity contribution is 6.03. The van der Waals surface area contributed by atoms with Crippen LogP contribution in [0.2, 0.25) is 0 Å². The average Bonchev–Trinajstić information content (AvgIpc) is 3.01. The van der Waals surface area contributed by atoms with E-state index < -0.39 is 12.2 Å². The highest BCUT2D eigenvalue weighted by atomic mass is 16.2. The van der Waals surface area contributed by atoms with Gasteiger partial charge in [0, 0.05) is 19.6 Å². The molecule has 1 aromatic rings. The van der Waals surface area contributed by atoms with Crippen LogP contribution < -0.4 is 10.6 Å². The molecule has 4 rings (SSSR count). The first kappa shape index (κ1) is 17.8. The second-order valence-corrected chi connectivity index (χ2v) is 7.75. The Hall–Kier alpha value is -2.57. The van der Waals surface area contributed by atoms with Crippen molar-refractivity contribution in [3.63, 3.8) is 0 Å². The summed E-state index contributed by atoms with van der Waals surface area (Å²) in [4.78, 5) is 33.0. The van der Waals surface area contributed by atoms with Gasteiger partial charge in [-0.3, -0.25) is 10.1 Å². The number of benzene rings is 1. The molecular formula is C20H27N5O2. The number of likely N-dealkylation sites (N-methyl/N-ethyl adjacent to an activating group) is 1. The first-order valence-electron chi connectivity index (χ1n) is 9.78. The van der Waals surface area contributed by atoms with Crippen LogP contribution in [0.25, 0.3) is 0 Å². The van der Waals surface area contributed by atoms with Crippen LogP contribution in [-0.4, -0.2) is 53.0 Å². The Morgan fingerprint density at radius 3 is 2.67 bits per heavy atom. The van der Waals surface area contributed by atoms with Crippen molar-refractivity contribution in [3.05, 3.63) is 35.4 Å². The first-order valence-corrected chi connectivity index (χ1v) is 9.78. The number of guanidine groups is 1. The molecule has 7 nitrogen and oxygen atoms in total. The molecule has 1 aromatic carbocycles. The standard InChI is InChI=1S/C20H27N5O2/c1-13-8-6-7-9-14(13)12-25-16-17(24(2)20(27)23-18(16)26)22-19(25)21-15-10-4-3-5-11-15/h6-9,15-17H,3-5,10-12H2,1-2H3,(H,21,22)(H,23,26,27). The van der Waals surface area contributed by atoms with Crippen molar-refractivity contribution in [1.82, 2.24) is 20.4 Å². The predicted octanol–water partition coefficient (Wildman–Crippen LogP) is 1.97. The molecule has 2 unspecified atom stereocenters. The molecule has 144 valence electrons. The maximum Gasteiger partial charge on any atom is 0.325 e. The van der Waals surface area contributed by atoms with Crippen LogP contribution >= 0.6 is 0 Å². The zero-order valence-electron chi connectivity index (χ0n) is 15.9. The van der Waals surface area contributed by atoms with Gasteiger partial charge >= 0.3 is 6.03 Å². The van der Waals surface area contributed by atoms with E-state index in [1.807, 2.05) is 17.0 Å². The van der Waals surface area contributed by atoms with E-state index in [0.29, 0.717) is 12.6 Å². The molecule has 27 heavy (non-hydrogen) atoms. The van der Waals surface area contributed by atoms with E-state index in [4.69, 9.17) is 4.99 Å². The summed E-state index contributed by atoms with van der Waals surface area (Å²) in [6.45, 7) is 2.66. The molecule has 0 spiro atoms. The number of aliphatic imine (C=N–C) groups is 1. The maximum absolute atomic E-state index is 12.7. The smallest absolute Gasteiger partial charge is 0.325 e. The lowest BCUT2D eigenvalue weighted by atomic mass is 9.96. The van der Waals surface area contributed by atoms with Gasteiger partial charge in [0.1, 0.15) is 0 Å². The van der Waals surface area contributed by atoms with Gasteiger partial charge in [-0.05, 0) is 30.9 Å². The van der Waals surface area contributed by atoms with Crippen molar-refractivity contribution in [3.8, 4) is 0 Å². The molecule has 3 amide bonds. The number of fused-ring (bicyclic) bond motifs is 1. The topological polar surface area (TPSA) is 77.0 Å². The van der Waals surface area contributed by atoms with Crippen molar-refractivity contribution in [1.29, 1.82) is 0 Å². The number of carbonyl (C=O) groups excluding carboxylic acids is 2. The number of nitrogens with zero attached hydrogens (tertiary/aromatic N) is 3. The van der Waals surface area contributed by atoms with Gasteiger partial charge in [-0.15, -0.1) is 0 Å². The molecule has 2 aliphatic heterocycles. The van der Waals surface area contributed by atoms with E-state index in [9.17, 15) is 9.59 Å². The number of aryl methyl sites for hydroxylation is 1. The van der Waals surface area contributed by atoms with Gasteiger partial charge in [0.25, 0.3) is 5.91 Å². The van der Waals surface area contributed by atoms with Gasteiger partial charge in [0.05, 0.1) is 0 Å². The lowest BCUT2D eigenvalue weighted by Gasteiger charge is -2.37. The maximum atomic E-state index is 12.7. The number of urea groups is 1. The van der Waals surface area contributed by atoms with Gasteiger partial charge in [-0.1, -0.05) is 43.5 Å². The minimum atomic E-state index is -0.501. The molecule has 3 aliphatic rings. The Balaban J connectivity index is 1.63. The monoisotopic (exact) mass is 369 g/mol. The summed E-state index contributed by atoms with van der Waals surface area (Å²) < 4.78 is 0. The number of hydrogen-bond donors (Lipinski definition) is 2. The van der Waals surface area contributed by atoms with E-state index in [2.05, 4.69) is 29.7 Å². The zero-order valence-corrected chi connectivity index (χ0v) is 15.9. The molecular weight excluding hydrogens is 342 g/mol. The minimum absolute atomic E-state index is 0.277. The van der Waals surface area contributed by atoms with Crippen molar-refractivity contribution < 1.29 is 9.59 Å². The number of nitrogens with one attached hydrogen (secondary N) is 2. The minimum Gasteiger partial charge on any atom is -0.353 e. The SMILES string of the molecule is Cc1ccccc1CN1C(NC2CCCCC2)=NC2C1C(=O)NC(=O)N2C. The molecule has 2 N–H and O–H groups in total. The summed E-state index contributed by atoms with van der Waals surface area (Å²) in [7, 11) is 1.69. The molecule has 2 fully saturated rings. The largest absolute Gasteiger partial charge is 0.353 e. The third-order valence-corrected chi connectivity index (χ3v) is 5.90. The summed E-state index contributed by atoms with van der Waals surface area (Å²) in [5.41, 5.74) is 2.34. The molecule has 0 bridgehead atoms. The fourth-order valence-electron chi connectivity index (χ4n) is 4.22. The van der Waals surface area contributed by atoms with Crippen LogP contribution in [0, 0.1) is 6.92 Å². The molecule has 1 aliphatic carbocycles. The van der Waals surface area contributed by atoms with Crippen LogP contribution in [0.1, 0.15) is 43.2 Å². The van der Waals surface area contributed by atoms with Crippen LogP contribution in [0.3, 0.4) is 0 Å². The van der Waals surface area contributed by atoms with E-state index in [1.165, 1.54) is 29.7 Å². The highest BCUT2D eigenvalue weighted by Crippen LogP contribution is 2.27. The highest BCUT2D eigenvalue weighted by Gasteiger charge is 2.48. The summed E-state index contributed by atoms with van der Waals surface area (Å²) in [5.74, 6) is 0.456. The average molecular weight is 369 g/mol. The van der Waals surface area contributed by atoms with Crippen molar-refractivity contribution in [2.75, 3.05) is 7.05 Å². The Kier molecular flexibility index (Phi) is 4.76. The van der Waals surface area contributed by atoms with Crippen molar-refractivity contribution in [2.45, 2.75) is 63.8 Å². The van der Waals surface area contributed by atoms with E-state index >= 15 is 0 Å². The molecule has 1 saturated carbocycles. The molecule has 2 heterocycles. The lowest BCUT2D eigenvalue weighted by molar-refractivity contribution is -0.127. The van der Waals surface area contributed by atoms with E-state index in [1.54, 1.807) is 7.05 Å². The number of carbonyl (C=O) groups is 2. The number of imide groups is 1. The Bertz CT molecular complexity index is 771. The van der Waals surface area contributed by atoms with Crippen LogP contribution in [0.4, 0.5) is 4.79 Å². The number of hydrogen-bond acceptors (Lipinski definition) is 5. The van der Waals surface area contributed by atoms with Crippen LogP contribution in [0.15, 0.2) is 29.3 Å². The van der Waals surface area contributed by atoms with E-state index in [-0.39, 0.29) is 11.9 Å². The third kappa shape index (κ3) is 3.38. The lowest BCUT2D eigenvalue weighted by Crippen LogP contribution is -2.64. The molecule has 7 heteroatoms. The second kappa shape index (κ2) is 7.21. The number of amides is 3. The Morgan fingerprint density at radius 2 is 1.93 bits per heavy atom. The quantitative estimate of drug-likeness (QED) is 0.854. The summed E-state index contributed by atoms with van der Waals surface area (Å²) >= 11 is 0. The Morgan fingerprint density at radius 1 is 1.19 bits per heavy atom. The molecule has 0 aromatic heterocycles. The van der Waals surface area contributed by atoms with Gasteiger partial charge < -0.3 is 15.1 Å². The van der Waals surface area contributed by atoms with Crippen molar-refractivity contribution >= 4 is 17.9 Å². The summed E-state index contributed by atoms with van der Waals surface area (Å²) in [6, 6.07) is 7.67. The number of rotatable bonds is 3. The van der Waals surface area contributed by atoms with Gasteiger partial charge in [-0.2, -0.15) is 0 Å². The Labute approximate surface area is 159 Å². The van der Waals surface area contributed by atoms with Crippen molar-refractivity contribution in [2.24, 2.45) is 4.99 Å².